The van der Waals surface area contributed by atoms with Gasteiger partial charge in [0.2, 0.25) is 0 Å². The largest absolute Gasteiger partial charge is 0.320 e. The normalized spacial score (nSPS) is 8.40. The van der Waals surface area contributed by atoms with Gasteiger partial charge in [-0.05, 0) is 33.1 Å². The predicted molar refractivity (Wildman–Crippen MR) is 48.4 cm³/mol. The Balaban J connectivity index is 0. The first-order chi connectivity index (χ1) is 4.83. The third-order valence-electron chi connectivity index (χ3n) is 1.03. The van der Waals surface area contributed by atoms with Crippen molar-refractivity contribution in [2.45, 2.75) is 27.2 Å². The van der Waals surface area contributed by atoms with Gasteiger partial charge in [0, 0.05) is 0 Å². The summed E-state index contributed by atoms with van der Waals surface area (Å²) in [5, 5.41) is 6.13. The van der Waals surface area contributed by atoms with Gasteiger partial charge in [-0.3, -0.25) is 0 Å². The molecule has 2 nitrogen and oxygen atoms in total. The zero-order valence-corrected chi connectivity index (χ0v) is 7.83. The van der Waals surface area contributed by atoms with Crippen molar-refractivity contribution >= 4 is 0 Å². The van der Waals surface area contributed by atoms with E-state index in [-0.39, 0.29) is 0 Å². The van der Waals surface area contributed by atoms with Gasteiger partial charge in [-0.1, -0.05) is 20.8 Å². The Bertz CT molecular complexity index is 32.2. The lowest BCUT2D eigenvalue weighted by Crippen LogP contribution is -2.12. The Morgan fingerprint density at radius 1 is 1.00 bits per heavy atom. The van der Waals surface area contributed by atoms with Crippen LogP contribution in [0.1, 0.15) is 27.2 Å². The van der Waals surface area contributed by atoms with Crippen LogP contribution in [-0.4, -0.2) is 26.7 Å². The van der Waals surface area contributed by atoms with Gasteiger partial charge < -0.3 is 10.6 Å². The van der Waals surface area contributed by atoms with Gasteiger partial charge in [-0.2, -0.15) is 0 Å². The smallest absolute Gasteiger partial charge is 0.00517 e. The first-order valence-electron chi connectivity index (χ1n) is 4.18. The van der Waals surface area contributed by atoms with E-state index in [0.29, 0.717) is 0 Å². The number of rotatable bonds is 4. The van der Waals surface area contributed by atoms with Gasteiger partial charge in [-0.25, -0.2) is 0 Å². The molecule has 0 atom stereocenters. The van der Waals surface area contributed by atoms with Crippen LogP contribution < -0.4 is 10.6 Å². The zero-order chi connectivity index (χ0) is 8.24. The second-order valence-electron chi connectivity index (χ2n) is 2.06. The molecule has 0 radical (unpaired) electrons. The van der Waals surface area contributed by atoms with Gasteiger partial charge in [-0.15, -0.1) is 0 Å². The summed E-state index contributed by atoms with van der Waals surface area (Å²) in [4.78, 5) is 0. The number of hydrogen-bond donors (Lipinski definition) is 2. The maximum Gasteiger partial charge on any atom is -0.00517 e. The molecular formula is C8H22N2. The molecule has 0 aromatic rings. The Morgan fingerprint density at radius 2 is 1.50 bits per heavy atom. The molecule has 64 valence electrons. The highest BCUT2D eigenvalue weighted by molar-refractivity contribution is 4.35. The third-order valence-corrected chi connectivity index (χ3v) is 1.03. The molecule has 2 N–H and O–H groups in total. The molecule has 0 spiro atoms. The predicted octanol–water partition coefficient (Wildman–Crippen LogP) is 1.23. The average Bonchev–Trinajstić information content (AvgIpc) is 2.01. The van der Waals surface area contributed by atoms with E-state index in [4.69, 9.17) is 0 Å². The van der Waals surface area contributed by atoms with Gasteiger partial charge in [0.15, 0.2) is 0 Å². The molecule has 0 bridgehead atoms. The van der Waals surface area contributed by atoms with Crippen LogP contribution in [0.5, 0.6) is 0 Å². The lowest BCUT2D eigenvalue weighted by atomic mass is 10.5. The van der Waals surface area contributed by atoms with Crippen molar-refractivity contribution in [3.63, 3.8) is 0 Å². The van der Waals surface area contributed by atoms with Crippen molar-refractivity contribution < 1.29 is 0 Å². The second-order valence-corrected chi connectivity index (χ2v) is 2.06. The molecule has 0 amide bonds. The maximum absolute atomic E-state index is 3.20. The van der Waals surface area contributed by atoms with Crippen molar-refractivity contribution in [3.05, 3.63) is 0 Å². The Morgan fingerprint density at radius 3 is 1.60 bits per heavy atom. The molecule has 0 aromatic heterocycles. The van der Waals surface area contributed by atoms with Gasteiger partial charge in [0.05, 0.1) is 0 Å². The molecule has 0 aliphatic carbocycles. The summed E-state index contributed by atoms with van der Waals surface area (Å²) in [6.07, 6.45) is 1.24. The van der Waals surface area contributed by atoms with Crippen LogP contribution in [0.15, 0.2) is 0 Å². The Hall–Kier alpha value is -0.0800. The standard InChI is InChI=1S/C5H13N.C3H9N/c1-3-5-6-4-2;1-3-4-2/h6H,3-5H2,1-2H3;4H,3H2,1-2H3. The van der Waals surface area contributed by atoms with Crippen LogP contribution in [0.2, 0.25) is 0 Å². The third kappa shape index (κ3) is 24.7. The minimum atomic E-state index is 1.07. The molecule has 0 heterocycles. The molecule has 2 heteroatoms. The molecule has 0 saturated carbocycles. The molecule has 0 fully saturated rings. The van der Waals surface area contributed by atoms with E-state index in [1.165, 1.54) is 6.42 Å². The zero-order valence-electron chi connectivity index (χ0n) is 7.83. The summed E-state index contributed by atoms with van der Waals surface area (Å²) >= 11 is 0. The summed E-state index contributed by atoms with van der Waals surface area (Å²) in [7, 11) is 1.93. The fourth-order valence-corrected chi connectivity index (χ4v) is 0.354. The fraction of sp³-hybridized carbons (Fsp3) is 1.00. The van der Waals surface area contributed by atoms with Crippen molar-refractivity contribution in [2.24, 2.45) is 0 Å². The molecule has 10 heavy (non-hydrogen) atoms. The molecular weight excluding hydrogens is 124 g/mol. The molecule has 0 aromatic carbocycles. The quantitative estimate of drug-likeness (QED) is 0.583. The van der Waals surface area contributed by atoms with E-state index < -0.39 is 0 Å². The maximum atomic E-state index is 3.20. The van der Waals surface area contributed by atoms with E-state index in [1.54, 1.807) is 0 Å². The van der Waals surface area contributed by atoms with E-state index in [1.807, 2.05) is 7.05 Å². The van der Waals surface area contributed by atoms with Crippen molar-refractivity contribution in [1.82, 2.24) is 10.6 Å². The van der Waals surface area contributed by atoms with Crippen LogP contribution in [0.3, 0.4) is 0 Å². The van der Waals surface area contributed by atoms with Crippen molar-refractivity contribution in [3.8, 4) is 0 Å². The minimum absolute atomic E-state index is 1.07. The highest BCUT2D eigenvalue weighted by Crippen LogP contribution is 1.65. The molecule has 0 rings (SSSR count). The lowest BCUT2D eigenvalue weighted by molar-refractivity contribution is 0.703. The summed E-state index contributed by atoms with van der Waals surface area (Å²) in [5.41, 5.74) is 0. The van der Waals surface area contributed by atoms with Crippen LogP contribution in [0.4, 0.5) is 0 Å². The number of hydrogen-bond acceptors (Lipinski definition) is 2. The van der Waals surface area contributed by atoms with Crippen molar-refractivity contribution in [2.75, 3.05) is 26.7 Å². The first-order valence-corrected chi connectivity index (χ1v) is 4.18. The van der Waals surface area contributed by atoms with E-state index >= 15 is 0 Å². The topological polar surface area (TPSA) is 24.1 Å². The molecule has 0 unspecified atom stereocenters. The summed E-state index contributed by atoms with van der Waals surface area (Å²) in [5.74, 6) is 0. The van der Waals surface area contributed by atoms with Crippen LogP contribution in [0.25, 0.3) is 0 Å². The van der Waals surface area contributed by atoms with Crippen LogP contribution in [-0.2, 0) is 0 Å². The fourth-order valence-electron chi connectivity index (χ4n) is 0.354. The number of nitrogens with one attached hydrogen (secondary N) is 2. The molecule has 0 aliphatic heterocycles. The summed E-state index contributed by atoms with van der Waals surface area (Å²) in [6.45, 7) is 9.70. The highest BCUT2D eigenvalue weighted by atomic mass is 14.8. The van der Waals surface area contributed by atoms with E-state index in [0.717, 1.165) is 19.6 Å². The average molecular weight is 146 g/mol. The second kappa shape index (κ2) is 16.0. The Labute approximate surface area is 65.4 Å². The SMILES string of the molecule is CCCNCC.CCNC. The molecule has 0 aliphatic rings. The Kier molecular flexibility index (Phi) is 20.1. The lowest BCUT2D eigenvalue weighted by Gasteiger charge is -1.91. The first kappa shape index (κ1) is 12.6. The summed E-state index contributed by atoms with van der Waals surface area (Å²) in [6, 6.07) is 0. The van der Waals surface area contributed by atoms with Gasteiger partial charge >= 0.3 is 0 Å². The van der Waals surface area contributed by atoms with Gasteiger partial charge in [0.1, 0.15) is 0 Å². The van der Waals surface area contributed by atoms with E-state index in [2.05, 4.69) is 31.4 Å². The van der Waals surface area contributed by atoms with Crippen LogP contribution in [0, 0.1) is 0 Å². The van der Waals surface area contributed by atoms with E-state index in [9.17, 15) is 0 Å². The monoisotopic (exact) mass is 146 g/mol. The van der Waals surface area contributed by atoms with Crippen molar-refractivity contribution in [1.29, 1.82) is 0 Å². The molecule has 0 saturated heterocycles. The minimum Gasteiger partial charge on any atom is -0.320 e. The van der Waals surface area contributed by atoms with Gasteiger partial charge in [0.25, 0.3) is 0 Å². The summed E-state index contributed by atoms with van der Waals surface area (Å²) < 4.78 is 0. The van der Waals surface area contributed by atoms with Crippen LogP contribution >= 0.6 is 0 Å². The highest BCUT2D eigenvalue weighted by Gasteiger charge is 1.71.